The summed E-state index contributed by atoms with van der Waals surface area (Å²) in [4.78, 5) is 0. The number of para-hydroxylation sites is 1. The second-order valence-corrected chi connectivity index (χ2v) is 7.16. The van der Waals surface area contributed by atoms with Gasteiger partial charge in [0, 0.05) is 18.5 Å². The van der Waals surface area contributed by atoms with E-state index in [0.29, 0.717) is 5.88 Å². The summed E-state index contributed by atoms with van der Waals surface area (Å²) in [5.41, 5.74) is 0.935. The molecule has 1 aromatic heterocycles. The van der Waals surface area contributed by atoms with Gasteiger partial charge >= 0.3 is 0 Å². The van der Waals surface area contributed by atoms with Crippen molar-refractivity contribution < 1.29 is 29.1 Å². The molecule has 1 aliphatic rings. The van der Waals surface area contributed by atoms with Crippen LogP contribution in [-0.4, -0.2) is 55.6 Å². The van der Waals surface area contributed by atoms with Gasteiger partial charge in [0.25, 0.3) is 0 Å². The molecule has 0 amide bonds. The average Bonchev–Trinajstić information content (AvgIpc) is 2.89. The maximum absolute atomic E-state index is 10.2. The topological polar surface area (TPSA) is 93.3 Å². The fourth-order valence-electron chi connectivity index (χ4n) is 2.82. The molecule has 3 N–H and O–H groups in total. The summed E-state index contributed by atoms with van der Waals surface area (Å²) >= 11 is 8.69. The maximum atomic E-state index is 10.2. The van der Waals surface area contributed by atoms with Crippen molar-refractivity contribution in [3.05, 3.63) is 30.3 Å². The van der Waals surface area contributed by atoms with E-state index in [-0.39, 0.29) is 0 Å². The van der Waals surface area contributed by atoms with Crippen molar-refractivity contribution in [2.75, 3.05) is 6.61 Å². The normalized spacial score (nSPS) is 33.8. The number of aromatic nitrogens is 1. The number of nitrogens with zero attached hydrogens (tertiary/aromatic N) is 1. The Balaban J connectivity index is 1.96. The van der Waals surface area contributed by atoms with Crippen LogP contribution in [0.1, 0.15) is 0 Å². The molecule has 1 unspecified atom stereocenters. The Kier molecular flexibility index (Phi) is 5.08. The first-order valence-electron chi connectivity index (χ1n) is 7.23. The van der Waals surface area contributed by atoms with E-state index in [9.17, 15) is 15.3 Å². The summed E-state index contributed by atoms with van der Waals surface area (Å²) in [7, 11) is 1.81. The predicted molar refractivity (Wildman–Crippen MR) is 89.9 cm³/mol. The van der Waals surface area contributed by atoms with Crippen molar-refractivity contribution in [2.24, 2.45) is 7.05 Å². The maximum Gasteiger partial charge on any atom is 0.194 e. The van der Waals surface area contributed by atoms with Gasteiger partial charge in [0.15, 0.2) is 28.9 Å². The summed E-state index contributed by atoms with van der Waals surface area (Å²) in [6, 6.07) is 9.45. The van der Waals surface area contributed by atoms with Gasteiger partial charge in [-0.05, 0) is 22.0 Å². The number of aryl methyl sites for hydroxylation is 1. The predicted octanol–water partition coefficient (Wildman–Crippen LogP) is 1.26. The third-order valence-corrected chi connectivity index (χ3v) is 5.23. The third-order valence-electron chi connectivity index (χ3n) is 4.14. The Bertz CT molecular complexity index is 727. The molecule has 1 saturated heterocycles. The van der Waals surface area contributed by atoms with Gasteiger partial charge in [0.1, 0.15) is 6.10 Å². The number of hydrogen-bond donors (Lipinski definition) is 3. The highest BCUT2D eigenvalue weighted by molar-refractivity contribution is 9.10. The molecule has 1 fully saturated rings. The van der Waals surface area contributed by atoms with Crippen molar-refractivity contribution >= 4 is 38.7 Å². The van der Waals surface area contributed by atoms with E-state index >= 15 is 0 Å². The second-order valence-electron chi connectivity index (χ2n) is 5.64. The summed E-state index contributed by atoms with van der Waals surface area (Å²) < 4.78 is 16.2. The lowest BCUT2D eigenvalue weighted by atomic mass is 9.99. The van der Waals surface area contributed by atoms with E-state index in [4.69, 9.17) is 25.6 Å². The highest BCUT2D eigenvalue weighted by Gasteiger charge is 2.55. The summed E-state index contributed by atoms with van der Waals surface area (Å²) in [5.74, 6) is 0.445. The van der Waals surface area contributed by atoms with Crippen LogP contribution in [0.4, 0.5) is 0 Å². The molecule has 0 bridgehead atoms. The van der Waals surface area contributed by atoms with Crippen molar-refractivity contribution in [3.63, 3.8) is 0 Å². The molecule has 5 atom stereocenters. The Labute approximate surface area is 151 Å². The molecule has 0 saturated carbocycles. The molecule has 7 nitrogen and oxygen atoms in total. The molecule has 1 aromatic carbocycles. The van der Waals surface area contributed by atoms with Crippen LogP contribution in [0.5, 0.6) is 5.88 Å². The molecule has 0 aliphatic carbocycles. The number of aliphatic hydroxyl groups excluding tert-OH is 3. The molecule has 0 radical (unpaired) electrons. The average molecular weight is 423 g/mol. The number of benzene rings is 1. The zero-order chi connectivity index (χ0) is 17.5. The molecular formula is C15H17BrClNO6. The second kappa shape index (κ2) is 6.80. The first-order chi connectivity index (χ1) is 11.4. The van der Waals surface area contributed by atoms with Crippen LogP contribution in [-0.2, 0) is 16.1 Å². The largest absolute Gasteiger partial charge is 0.470 e. The lowest BCUT2D eigenvalue weighted by Gasteiger charge is -2.45. The van der Waals surface area contributed by atoms with E-state index in [0.717, 1.165) is 10.9 Å². The van der Waals surface area contributed by atoms with Crippen molar-refractivity contribution in [1.29, 1.82) is 0 Å². The van der Waals surface area contributed by atoms with Gasteiger partial charge in [-0.25, -0.2) is 0 Å². The van der Waals surface area contributed by atoms with Gasteiger partial charge in [-0.15, -0.1) is 0 Å². The summed E-state index contributed by atoms with van der Waals surface area (Å²) in [5, 5.41) is 30.7. The number of rotatable bonds is 4. The van der Waals surface area contributed by atoms with E-state index in [1.165, 1.54) is 0 Å². The number of halogens is 2. The Morgan fingerprint density at radius 3 is 2.71 bits per heavy atom. The zero-order valence-electron chi connectivity index (χ0n) is 12.7. The number of fused-ring (bicyclic) bond motifs is 1. The smallest absolute Gasteiger partial charge is 0.194 e. The van der Waals surface area contributed by atoms with Gasteiger partial charge in [-0.2, -0.15) is 0 Å². The summed E-state index contributed by atoms with van der Waals surface area (Å²) in [6.07, 6.45) is -5.18. The standard InChI is InChI=1S/C15H17BrClNO6/c1-18-9-5-3-2-4-8(9)6-10(18)22-12-11(20)14(21)23-15(16,7-19)13(12)24-17/h2-6,11-14,19-21H,7H2,1H3/t11-,12-,13+,14?,15-/m1/s1. The van der Waals surface area contributed by atoms with Crippen LogP contribution in [0.3, 0.4) is 0 Å². The minimum atomic E-state index is -1.58. The quantitative estimate of drug-likeness (QED) is 0.642. The Hall–Kier alpha value is -0.870. The lowest BCUT2D eigenvalue weighted by molar-refractivity contribution is -0.287. The first-order valence-corrected chi connectivity index (χ1v) is 8.33. The van der Waals surface area contributed by atoms with Crippen LogP contribution in [0, 0.1) is 0 Å². The number of hydrogen-bond acceptors (Lipinski definition) is 6. The monoisotopic (exact) mass is 421 g/mol. The lowest BCUT2D eigenvalue weighted by Crippen LogP contribution is -2.65. The van der Waals surface area contributed by atoms with Crippen molar-refractivity contribution in [2.45, 2.75) is 29.1 Å². The van der Waals surface area contributed by atoms with E-state index < -0.39 is 35.7 Å². The molecule has 24 heavy (non-hydrogen) atoms. The highest BCUT2D eigenvalue weighted by atomic mass is 79.9. The SMILES string of the molecule is Cn1c(O[C@@H]2[C@@H](O)C(O)O[C@](Br)(CO)[C@H]2OCl)cc2ccccc21. The van der Waals surface area contributed by atoms with Gasteiger partial charge in [0.05, 0.1) is 24.0 Å². The minimum Gasteiger partial charge on any atom is -0.470 e. The molecular weight excluding hydrogens is 406 g/mol. The first kappa shape index (κ1) is 17.9. The van der Waals surface area contributed by atoms with Crippen LogP contribution < -0.4 is 4.74 Å². The molecule has 132 valence electrons. The van der Waals surface area contributed by atoms with Gasteiger partial charge in [-0.3, -0.25) is 4.29 Å². The van der Waals surface area contributed by atoms with Gasteiger partial charge < -0.3 is 29.4 Å². The van der Waals surface area contributed by atoms with Crippen LogP contribution >= 0.6 is 27.8 Å². The van der Waals surface area contributed by atoms with Gasteiger partial charge in [-0.1, -0.05) is 18.2 Å². The van der Waals surface area contributed by atoms with E-state index in [1.807, 2.05) is 31.3 Å². The molecule has 9 heteroatoms. The minimum absolute atomic E-state index is 0.445. The number of aliphatic hydroxyl groups is 3. The zero-order valence-corrected chi connectivity index (χ0v) is 15.0. The molecule has 1 aliphatic heterocycles. The fraction of sp³-hybridized carbons (Fsp3) is 0.467. The van der Waals surface area contributed by atoms with Gasteiger partial charge in [0.2, 0.25) is 0 Å². The summed E-state index contributed by atoms with van der Waals surface area (Å²) in [6.45, 7) is -0.552. The van der Waals surface area contributed by atoms with Crippen LogP contribution in [0.2, 0.25) is 0 Å². The number of alkyl halides is 1. The number of ether oxygens (including phenoxy) is 2. The molecule has 3 rings (SSSR count). The van der Waals surface area contributed by atoms with Crippen LogP contribution in [0.25, 0.3) is 10.9 Å². The fourth-order valence-corrected chi connectivity index (χ4v) is 3.71. The van der Waals surface area contributed by atoms with E-state index in [2.05, 4.69) is 15.9 Å². The molecule has 2 heterocycles. The van der Waals surface area contributed by atoms with Crippen molar-refractivity contribution in [3.8, 4) is 5.88 Å². The molecule has 0 spiro atoms. The molecule has 2 aromatic rings. The Morgan fingerprint density at radius 2 is 2.08 bits per heavy atom. The van der Waals surface area contributed by atoms with Crippen molar-refractivity contribution in [1.82, 2.24) is 4.57 Å². The van der Waals surface area contributed by atoms with E-state index in [1.54, 1.807) is 10.6 Å². The highest BCUT2D eigenvalue weighted by Crippen LogP contribution is 2.39. The third kappa shape index (κ3) is 2.92. The van der Waals surface area contributed by atoms with Crippen LogP contribution in [0.15, 0.2) is 30.3 Å². The Morgan fingerprint density at radius 1 is 1.38 bits per heavy atom.